The van der Waals surface area contributed by atoms with Crippen LogP contribution in [-0.2, 0) is 18.6 Å². The Balaban J connectivity index is 1.16. The fourth-order valence-corrected chi connectivity index (χ4v) is 6.49. The summed E-state index contributed by atoms with van der Waals surface area (Å²) in [6, 6.07) is 6.49. The fourth-order valence-electron chi connectivity index (χ4n) is 5.75. The lowest BCUT2D eigenvalue weighted by molar-refractivity contribution is -0.119. The largest absolute Gasteiger partial charge is 0.487 e. The van der Waals surface area contributed by atoms with E-state index in [2.05, 4.69) is 10.3 Å². The number of hydrogen-bond acceptors (Lipinski definition) is 9. The predicted octanol–water partition coefficient (Wildman–Crippen LogP) is 3.00. The van der Waals surface area contributed by atoms with Crippen molar-refractivity contribution in [2.24, 2.45) is 0 Å². The molecule has 3 N–H and O–H groups in total. The summed E-state index contributed by atoms with van der Waals surface area (Å²) in [6.45, 7) is 1.21. The Hall–Kier alpha value is -4.11. The molecule has 1 saturated carbocycles. The minimum absolute atomic E-state index is 0.000385. The maximum Gasteiger partial charge on any atom is 0.470 e. The third-order valence-electron chi connectivity index (χ3n) is 8.23. The SMILES string of the molecule is CC(=O)NC[C@H]1CN(c2ccc(OCC3(OP(=O)(O)O)CCN(c4nc5c(cc4F)c(=O)ccn5C4CC4)CC3)c(F)c2)C(=O)O1. The molecular weight excluding hydrogens is 631 g/mol. The minimum atomic E-state index is -5.03. The first-order chi connectivity index (χ1) is 21.8. The van der Waals surface area contributed by atoms with Crippen LogP contribution in [0.1, 0.15) is 38.6 Å². The van der Waals surface area contributed by atoms with Crippen LogP contribution in [0.15, 0.2) is 41.3 Å². The van der Waals surface area contributed by atoms with Crippen molar-refractivity contribution in [2.45, 2.75) is 50.4 Å². The molecule has 17 heteroatoms. The second kappa shape index (κ2) is 12.2. The summed E-state index contributed by atoms with van der Waals surface area (Å²) in [5, 5.41) is 2.72. The van der Waals surface area contributed by atoms with Gasteiger partial charge in [-0.25, -0.2) is 23.1 Å². The normalized spacial score (nSPS) is 19.8. The zero-order chi connectivity index (χ0) is 32.8. The lowest BCUT2D eigenvalue weighted by Gasteiger charge is -2.41. The van der Waals surface area contributed by atoms with E-state index in [0.29, 0.717) is 5.65 Å². The Labute approximate surface area is 261 Å². The molecule has 0 bridgehead atoms. The molecule has 0 unspecified atom stereocenters. The molecule has 3 fully saturated rings. The monoisotopic (exact) mass is 663 g/mol. The molecule has 1 aliphatic carbocycles. The maximum absolute atomic E-state index is 15.2. The number of anilines is 2. The third-order valence-corrected chi connectivity index (χ3v) is 8.86. The summed E-state index contributed by atoms with van der Waals surface area (Å²) in [7, 11) is -5.03. The smallest absolute Gasteiger partial charge is 0.470 e. The van der Waals surface area contributed by atoms with Crippen molar-refractivity contribution in [3.63, 3.8) is 0 Å². The number of cyclic esters (lactones) is 1. The van der Waals surface area contributed by atoms with Crippen molar-refractivity contribution in [1.82, 2.24) is 14.9 Å². The molecule has 3 aromatic rings. The average Bonchev–Trinajstić information content (AvgIpc) is 3.76. The first-order valence-corrected chi connectivity index (χ1v) is 16.2. The number of pyridine rings is 2. The molecule has 46 heavy (non-hydrogen) atoms. The molecule has 14 nitrogen and oxygen atoms in total. The van der Waals surface area contributed by atoms with E-state index < -0.39 is 43.9 Å². The number of halogens is 2. The van der Waals surface area contributed by atoms with Gasteiger partial charge in [-0.1, -0.05) is 0 Å². The van der Waals surface area contributed by atoms with Crippen LogP contribution >= 0.6 is 7.82 Å². The van der Waals surface area contributed by atoms with Gasteiger partial charge in [0.05, 0.1) is 24.2 Å². The number of piperidine rings is 1. The number of rotatable bonds is 10. The molecule has 2 saturated heterocycles. The number of carbonyl (C=O) groups excluding carboxylic acids is 2. The number of fused-ring (bicyclic) bond motifs is 1. The first kappa shape index (κ1) is 31.9. The number of hydrogen-bond donors (Lipinski definition) is 3. The molecule has 4 heterocycles. The van der Waals surface area contributed by atoms with Gasteiger partial charge in [-0.15, -0.1) is 0 Å². The Kier molecular flexibility index (Phi) is 8.48. The van der Waals surface area contributed by atoms with Crippen molar-refractivity contribution in [2.75, 3.05) is 42.6 Å². The van der Waals surface area contributed by atoms with E-state index in [9.17, 15) is 28.7 Å². The van der Waals surface area contributed by atoms with Crippen LogP contribution in [0.2, 0.25) is 0 Å². The summed E-state index contributed by atoms with van der Waals surface area (Å²) in [4.78, 5) is 62.6. The predicted molar refractivity (Wildman–Crippen MR) is 160 cm³/mol. The number of nitrogens with one attached hydrogen (secondary N) is 1. The summed E-state index contributed by atoms with van der Waals surface area (Å²) in [6.07, 6.45) is 2.11. The van der Waals surface area contributed by atoms with Gasteiger partial charge in [0.15, 0.2) is 28.6 Å². The molecule has 1 aromatic carbocycles. The van der Waals surface area contributed by atoms with Gasteiger partial charge in [-0.05, 0) is 43.9 Å². The van der Waals surface area contributed by atoms with E-state index in [-0.39, 0.29) is 79.0 Å². The molecule has 2 aliphatic heterocycles. The van der Waals surface area contributed by atoms with Crippen molar-refractivity contribution in [1.29, 1.82) is 0 Å². The molecule has 2 amide bonds. The van der Waals surface area contributed by atoms with Gasteiger partial charge in [0.1, 0.15) is 24.0 Å². The van der Waals surface area contributed by atoms with Gasteiger partial charge in [0, 0.05) is 44.4 Å². The van der Waals surface area contributed by atoms with E-state index in [4.69, 9.17) is 14.0 Å². The van der Waals surface area contributed by atoms with Gasteiger partial charge < -0.3 is 34.0 Å². The highest BCUT2D eigenvalue weighted by Crippen LogP contribution is 2.46. The van der Waals surface area contributed by atoms with Gasteiger partial charge in [-0.2, -0.15) is 0 Å². The van der Waals surface area contributed by atoms with Crippen LogP contribution in [0.5, 0.6) is 5.75 Å². The first-order valence-electron chi connectivity index (χ1n) is 14.7. The van der Waals surface area contributed by atoms with Crippen LogP contribution < -0.4 is 25.3 Å². The van der Waals surface area contributed by atoms with E-state index in [1.54, 1.807) is 11.1 Å². The van der Waals surface area contributed by atoms with Crippen LogP contribution in [0.25, 0.3) is 11.0 Å². The number of ether oxygens (including phenoxy) is 2. The molecule has 6 rings (SSSR count). The van der Waals surface area contributed by atoms with Crippen molar-refractivity contribution in [3.8, 4) is 5.75 Å². The van der Waals surface area contributed by atoms with Gasteiger partial charge in [-0.3, -0.25) is 19.0 Å². The fraction of sp³-hybridized carbons (Fsp3) is 0.448. The maximum atomic E-state index is 15.2. The van der Waals surface area contributed by atoms with Gasteiger partial charge >= 0.3 is 13.9 Å². The van der Waals surface area contributed by atoms with Gasteiger partial charge in [0.2, 0.25) is 5.91 Å². The molecule has 0 spiro atoms. The van der Waals surface area contributed by atoms with Crippen molar-refractivity contribution in [3.05, 3.63) is 58.4 Å². The number of nitrogens with zero attached hydrogens (tertiary/aromatic N) is 4. The molecule has 2 aromatic heterocycles. The van der Waals surface area contributed by atoms with E-state index in [0.717, 1.165) is 25.0 Å². The summed E-state index contributed by atoms with van der Waals surface area (Å²) in [5.41, 5.74) is -1.35. The number of benzene rings is 1. The van der Waals surface area contributed by atoms with Crippen LogP contribution in [0, 0.1) is 11.6 Å². The van der Waals surface area contributed by atoms with E-state index in [1.165, 1.54) is 30.0 Å². The number of aromatic nitrogens is 2. The number of phosphoric acid groups is 1. The zero-order valence-corrected chi connectivity index (χ0v) is 25.6. The second-order valence-corrected chi connectivity index (χ2v) is 12.9. The number of phosphoric ester groups is 1. The van der Waals surface area contributed by atoms with Gasteiger partial charge in [0.25, 0.3) is 0 Å². The van der Waals surface area contributed by atoms with Crippen molar-refractivity contribution >= 4 is 42.4 Å². The summed E-state index contributed by atoms with van der Waals surface area (Å²) >= 11 is 0. The van der Waals surface area contributed by atoms with E-state index in [1.807, 2.05) is 4.57 Å². The van der Waals surface area contributed by atoms with Crippen LogP contribution in [0.3, 0.4) is 0 Å². The standard InChI is InChI=1S/C29H32F2N5O9P/c1-17(37)32-14-20-15-36(28(39)44-20)19-4-5-25(22(30)12-19)43-16-29(45-46(40,41)42)7-10-34(11-8-29)27-23(31)13-21-24(38)6-9-35(18-2-3-18)26(21)33-27/h4-6,9,12-13,18,20H,2-3,7-8,10-11,14-16H2,1H3,(H,32,37)(H2,40,41,42)/t20-/m0/s1. The third kappa shape index (κ3) is 6.84. The number of amides is 2. The van der Waals surface area contributed by atoms with Crippen LogP contribution in [0.4, 0.5) is 25.1 Å². The van der Waals surface area contributed by atoms with E-state index >= 15 is 8.78 Å². The highest BCUT2D eigenvalue weighted by Gasteiger charge is 2.43. The molecule has 246 valence electrons. The Morgan fingerprint density at radius 3 is 2.54 bits per heavy atom. The summed E-state index contributed by atoms with van der Waals surface area (Å²) < 4.78 is 60.3. The topological polar surface area (TPSA) is 173 Å². The quantitative estimate of drug-likeness (QED) is 0.272. The lowest BCUT2D eigenvalue weighted by Crippen LogP contribution is -2.49. The minimum Gasteiger partial charge on any atom is -0.487 e. The molecule has 1 atom stereocenters. The zero-order valence-electron chi connectivity index (χ0n) is 24.7. The number of carbonyl (C=O) groups is 2. The highest BCUT2D eigenvalue weighted by molar-refractivity contribution is 7.46. The average molecular weight is 664 g/mol. The second-order valence-electron chi connectivity index (χ2n) is 11.7. The molecule has 0 radical (unpaired) electrons. The lowest BCUT2D eigenvalue weighted by atomic mass is 9.92. The molecule has 3 aliphatic rings. The Bertz CT molecular complexity index is 1790. The Morgan fingerprint density at radius 1 is 1.15 bits per heavy atom. The Morgan fingerprint density at radius 2 is 1.89 bits per heavy atom. The van der Waals surface area contributed by atoms with Crippen molar-refractivity contribution < 1.29 is 46.7 Å². The summed E-state index contributed by atoms with van der Waals surface area (Å²) in [5.74, 6) is -2.08. The van der Waals surface area contributed by atoms with Crippen LogP contribution in [-0.4, -0.2) is 75.8 Å². The molecular formula is C29H32F2N5O9P. The highest BCUT2D eigenvalue weighted by atomic mass is 31.2.